The third-order valence-electron chi connectivity index (χ3n) is 0.244. The summed E-state index contributed by atoms with van der Waals surface area (Å²) in [4.78, 5) is 0. The Balaban J connectivity index is 2.81. The van der Waals surface area contributed by atoms with Gasteiger partial charge in [0.25, 0.3) is 0 Å². The number of alkyl halides is 1. The van der Waals surface area contributed by atoms with Gasteiger partial charge in [0.2, 0.25) is 0 Å². The van der Waals surface area contributed by atoms with Gasteiger partial charge < -0.3 is 0 Å². The summed E-state index contributed by atoms with van der Waals surface area (Å²) in [6, 6.07) is 0. The molecule has 0 aliphatic carbocycles. The molecule has 0 heterocycles. The predicted molar refractivity (Wildman–Crippen MR) is 32.4 cm³/mol. The van der Waals surface area contributed by atoms with E-state index in [0.29, 0.717) is 0 Å². The van der Waals surface area contributed by atoms with Crippen LogP contribution in [0.15, 0.2) is 0 Å². The van der Waals surface area contributed by atoms with Crippen molar-refractivity contribution in [2.75, 3.05) is 4.43 Å². The van der Waals surface area contributed by atoms with Crippen molar-refractivity contribution in [1.29, 1.82) is 0 Å². The monoisotopic (exact) mass is 188 g/mol. The molecule has 0 atom stereocenters. The van der Waals surface area contributed by atoms with Crippen molar-refractivity contribution in [2.45, 2.75) is 0 Å². The van der Waals surface area contributed by atoms with Crippen LogP contribution in [0.25, 0.3) is 0 Å². The Kier molecular flexibility index (Phi) is 6.65. The Bertz CT molecular complexity index is 59.0. The van der Waals surface area contributed by atoms with Gasteiger partial charge in [-0.2, -0.15) is 0 Å². The Labute approximate surface area is 63.3 Å². The number of hydrogen-bond acceptors (Lipinski definition) is 0. The topological polar surface area (TPSA) is 0 Å². The van der Waals surface area contributed by atoms with E-state index in [1.54, 1.807) is 0 Å². The van der Waals surface area contributed by atoms with Crippen LogP contribution in [0.2, 0.25) is 0 Å². The second-order valence-corrected chi connectivity index (χ2v) is 1.82. The second kappa shape index (κ2) is 5.29. The first-order valence-electron chi connectivity index (χ1n) is 1.37. The molecule has 0 aromatic carbocycles. The molecule has 0 saturated carbocycles. The number of halogens is 1. The quantitative estimate of drug-likeness (QED) is 0.225. The van der Waals surface area contributed by atoms with E-state index < -0.39 is 0 Å². The normalized spacial score (nSPS) is 5.40. The van der Waals surface area contributed by atoms with E-state index in [1.165, 1.54) is 0 Å². The molecule has 0 unspecified atom stereocenters. The molecule has 0 N–H and O–H groups in total. The summed E-state index contributed by atoms with van der Waals surface area (Å²) >= 11 is 3.27. The summed E-state index contributed by atoms with van der Waals surface area (Å²) in [5, 5.41) is 0. The van der Waals surface area contributed by atoms with Gasteiger partial charge in [-0.1, -0.05) is 0 Å². The van der Waals surface area contributed by atoms with Crippen LogP contribution in [0.1, 0.15) is 0 Å². The van der Waals surface area contributed by atoms with Gasteiger partial charge in [0.15, 0.2) is 0 Å². The molecule has 0 nitrogen and oxygen atoms in total. The first kappa shape index (κ1) is 6.29. The average Bonchev–Trinajstić information content (AvgIpc) is 1.41. The van der Waals surface area contributed by atoms with Crippen LogP contribution in [0, 0.1) is 9.09 Å². The third-order valence-corrected chi connectivity index (χ3v) is 0.979. The van der Waals surface area contributed by atoms with Crippen molar-refractivity contribution in [3.8, 4) is 9.09 Å². The zero-order valence-electron chi connectivity index (χ0n) is 3.09. The first-order chi connectivity index (χ1) is 2.41. The maximum absolute atomic E-state index is 2.91. The Hall–Kier alpha value is 1.29. The zero-order valence-corrected chi connectivity index (χ0v) is 7.24. The summed E-state index contributed by atoms with van der Waals surface area (Å²) in [5.74, 6) is 2.91. The van der Waals surface area contributed by atoms with E-state index in [9.17, 15) is 0 Å². The standard InChI is InChI=1S/C3H2I.Na/c1-2-3-4;/h3H2;. The zero-order chi connectivity index (χ0) is 4.12. The van der Waals surface area contributed by atoms with E-state index in [2.05, 4.69) is 31.7 Å². The van der Waals surface area contributed by atoms with Crippen molar-refractivity contribution in [3.63, 3.8) is 0 Å². The van der Waals surface area contributed by atoms with Crippen LogP contribution in [-0.4, -0.2) is 32.4 Å². The first-order valence-corrected chi connectivity index (χ1v) is 3.90. The Morgan fingerprint density at radius 1 is 1.80 bits per heavy atom. The van der Waals surface area contributed by atoms with E-state index in [1.807, 2.05) is 0 Å². The average molecular weight is 188 g/mol. The summed E-state index contributed by atoms with van der Waals surface area (Å²) in [5.41, 5.74) is 0. The van der Waals surface area contributed by atoms with Crippen molar-refractivity contribution in [1.82, 2.24) is 0 Å². The molecule has 0 radical (unpaired) electrons. The summed E-state index contributed by atoms with van der Waals surface area (Å²) in [7, 11) is 0. The van der Waals surface area contributed by atoms with Gasteiger partial charge in [-0.25, -0.2) is 0 Å². The Morgan fingerprint density at radius 2 is 2.40 bits per heavy atom. The van der Waals surface area contributed by atoms with Crippen LogP contribution in [0.3, 0.4) is 0 Å². The molecule has 0 rings (SSSR count). The molecule has 0 fully saturated rings. The van der Waals surface area contributed by atoms with Crippen LogP contribution >= 0.6 is 22.6 Å². The fraction of sp³-hybridized carbons (Fsp3) is 0.333. The molecule has 0 amide bonds. The molecule has 0 aromatic rings. The van der Waals surface area contributed by atoms with Crippen LogP contribution in [-0.2, 0) is 0 Å². The van der Waals surface area contributed by atoms with E-state index in [-0.39, 0.29) is 0 Å². The molecule has 5 heavy (non-hydrogen) atoms. The van der Waals surface area contributed by atoms with E-state index in [4.69, 9.17) is 0 Å². The maximum atomic E-state index is 2.91. The number of rotatable bonds is 0. The fourth-order valence-corrected chi connectivity index (χ4v) is 1.34. The third kappa shape index (κ3) is 5.29. The predicted octanol–water partition coefficient (Wildman–Crippen LogP) is 0.551. The molecule has 0 aliphatic heterocycles. The summed E-state index contributed by atoms with van der Waals surface area (Å²) < 4.78 is 3.89. The van der Waals surface area contributed by atoms with Crippen molar-refractivity contribution in [2.24, 2.45) is 0 Å². The van der Waals surface area contributed by atoms with Gasteiger partial charge in [-0.05, 0) is 0 Å². The molecule has 22 valence electrons. The van der Waals surface area contributed by atoms with Crippen molar-refractivity contribution >= 4 is 50.5 Å². The van der Waals surface area contributed by atoms with Gasteiger partial charge in [-0.3, -0.25) is 0 Å². The molecule has 0 saturated heterocycles. The molecule has 2 heteroatoms. The van der Waals surface area contributed by atoms with Crippen LogP contribution in [0.4, 0.5) is 0 Å². The van der Waals surface area contributed by atoms with E-state index in [0.717, 1.165) is 32.4 Å². The molecular weight excluding hydrogens is 186 g/mol. The van der Waals surface area contributed by atoms with Gasteiger partial charge in [0.1, 0.15) is 0 Å². The molecule has 0 bridgehead atoms. The Morgan fingerprint density at radius 3 is 2.40 bits per heavy atom. The van der Waals surface area contributed by atoms with Gasteiger partial charge in [-0.15, -0.1) is 0 Å². The van der Waals surface area contributed by atoms with Gasteiger partial charge in [0, 0.05) is 0 Å². The minimum atomic E-state index is 0.987. The van der Waals surface area contributed by atoms with Crippen molar-refractivity contribution in [3.05, 3.63) is 0 Å². The minimum absolute atomic E-state index is 0.987. The van der Waals surface area contributed by atoms with Crippen molar-refractivity contribution < 1.29 is 0 Å². The second-order valence-electron chi connectivity index (χ2n) is 0.560. The van der Waals surface area contributed by atoms with Gasteiger partial charge >= 0.3 is 64.0 Å². The van der Waals surface area contributed by atoms with Crippen LogP contribution < -0.4 is 0 Å². The molecule has 0 spiro atoms. The summed E-state index contributed by atoms with van der Waals surface area (Å²) in [6.45, 7) is 0. The summed E-state index contributed by atoms with van der Waals surface area (Å²) in [6.07, 6.45) is 0. The number of hydrogen-bond donors (Lipinski definition) is 0. The van der Waals surface area contributed by atoms with Crippen LogP contribution in [0.5, 0.6) is 0 Å². The van der Waals surface area contributed by atoms with Gasteiger partial charge in [0.05, 0.1) is 0 Å². The SMILES string of the molecule is [Na][C]#CCI. The molecule has 0 aliphatic rings. The molecular formula is C3H2INa. The molecule has 0 aromatic heterocycles. The van der Waals surface area contributed by atoms with E-state index >= 15 is 0 Å². The fourth-order valence-electron chi connectivity index (χ4n) is 0.0668.